The lowest BCUT2D eigenvalue weighted by atomic mass is 10.2. The lowest BCUT2D eigenvalue weighted by molar-refractivity contribution is 0.304. The lowest BCUT2D eigenvalue weighted by Crippen LogP contribution is -2.23. The Morgan fingerprint density at radius 3 is 2.76 bits per heavy atom. The van der Waals surface area contributed by atoms with Crippen LogP contribution >= 0.6 is 28.1 Å². The molecule has 0 radical (unpaired) electrons. The Bertz CT molecular complexity index is 647. The topological polar surface area (TPSA) is 59.6 Å². The van der Waals surface area contributed by atoms with Gasteiger partial charge >= 0.3 is 0 Å². The van der Waals surface area contributed by atoms with Crippen LogP contribution in [0.1, 0.15) is 11.1 Å². The molecule has 0 atom stereocenters. The summed E-state index contributed by atoms with van der Waals surface area (Å²) < 4.78 is 6.70. The molecule has 3 N–H and O–H groups in total. The maximum Gasteiger partial charge on any atom is 0.184 e. The minimum Gasteiger partial charge on any atom is -0.488 e. The quantitative estimate of drug-likeness (QED) is 0.486. The van der Waals surface area contributed by atoms with E-state index in [0.29, 0.717) is 6.61 Å². The van der Waals surface area contributed by atoms with Crippen LogP contribution in [-0.2, 0) is 6.61 Å². The van der Waals surface area contributed by atoms with Crippen LogP contribution in [0.4, 0.5) is 0 Å². The van der Waals surface area contributed by atoms with E-state index in [1.165, 1.54) is 0 Å². The number of halogens is 1. The second-order valence-corrected chi connectivity index (χ2v) is 5.49. The van der Waals surface area contributed by atoms with Crippen molar-refractivity contribution in [2.75, 3.05) is 0 Å². The van der Waals surface area contributed by atoms with Gasteiger partial charge in [-0.25, -0.2) is 0 Å². The molecule has 108 valence electrons. The molecule has 0 aromatic heterocycles. The highest BCUT2D eigenvalue weighted by molar-refractivity contribution is 9.10. The van der Waals surface area contributed by atoms with Gasteiger partial charge in [-0.1, -0.05) is 36.4 Å². The lowest BCUT2D eigenvalue weighted by Gasteiger charge is -2.09. The summed E-state index contributed by atoms with van der Waals surface area (Å²) in [6.07, 6.45) is 1.63. The van der Waals surface area contributed by atoms with Crippen molar-refractivity contribution in [3.8, 4) is 5.75 Å². The first kappa shape index (κ1) is 15.5. The number of hydrazone groups is 1. The fourth-order valence-electron chi connectivity index (χ4n) is 1.62. The summed E-state index contributed by atoms with van der Waals surface area (Å²) in [5.74, 6) is 0.748. The standard InChI is InChI=1S/C15H14BrN3OS/c16-13-7-6-12(9-18-19-15(17)21)8-14(13)20-10-11-4-2-1-3-5-11/h1-9H,10H2,(H3,17,19,21). The summed E-state index contributed by atoms with van der Waals surface area (Å²) in [4.78, 5) is 0. The Morgan fingerprint density at radius 1 is 1.29 bits per heavy atom. The molecule has 0 aliphatic rings. The predicted octanol–water partition coefficient (Wildman–Crippen LogP) is 3.20. The van der Waals surface area contributed by atoms with Gasteiger partial charge in [-0.3, -0.25) is 5.43 Å². The number of nitrogens with one attached hydrogen (secondary N) is 1. The first-order chi connectivity index (χ1) is 10.1. The normalized spacial score (nSPS) is 10.5. The monoisotopic (exact) mass is 363 g/mol. The molecule has 0 aliphatic heterocycles. The smallest absolute Gasteiger partial charge is 0.184 e. The second kappa shape index (κ2) is 7.75. The molecule has 0 aliphatic carbocycles. The van der Waals surface area contributed by atoms with E-state index in [-0.39, 0.29) is 5.11 Å². The van der Waals surface area contributed by atoms with Crippen LogP contribution in [0.25, 0.3) is 0 Å². The molecule has 0 saturated heterocycles. The van der Waals surface area contributed by atoms with Gasteiger partial charge in [0.15, 0.2) is 5.11 Å². The van der Waals surface area contributed by atoms with E-state index in [2.05, 4.69) is 38.7 Å². The summed E-state index contributed by atoms with van der Waals surface area (Å²) in [7, 11) is 0. The molecule has 0 unspecified atom stereocenters. The first-order valence-corrected chi connectivity index (χ1v) is 7.40. The van der Waals surface area contributed by atoms with Gasteiger partial charge in [-0.15, -0.1) is 0 Å². The average Bonchev–Trinajstić information content (AvgIpc) is 2.48. The SMILES string of the molecule is NC(=S)NN=Cc1ccc(Br)c(OCc2ccccc2)c1. The third kappa shape index (κ3) is 5.17. The van der Waals surface area contributed by atoms with E-state index < -0.39 is 0 Å². The van der Waals surface area contributed by atoms with Crippen LogP contribution < -0.4 is 15.9 Å². The molecule has 0 saturated carbocycles. The fraction of sp³-hybridized carbons (Fsp3) is 0.0667. The van der Waals surface area contributed by atoms with Gasteiger partial charge in [-0.2, -0.15) is 5.10 Å². The number of thiocarbonyl (C=S) groups is 1. The Hall–Kier alpha value is -1.92. The first-order valence-electron chi connectivity index (χ1n) is 6.20. The number of benzene rings is 2. The Labute approximate surface area is 137 Å². The van der Waals surface area contributed by atoms with Gasteiger partial charge in [0.05, 0.1) is 10.7 Å². The Kier molecular flexibility index (Phi) is 5.71. The summed E-state index contributed by atoms with van der Waals surface area (Å²) in [6, 6.07) is 15.7. The van der Waals surface area contributed by atoms with E-state index in [0.717, 1.165) is 21.3 Å². The van der Waals surface area contributed by atoms with Crippen LogP contribution in [0.15, 0.2) is 58.1 Å². The van der Waals surface area contributed by atoms with Gasteiger partial charge in [0.25, 0.3) is 0 Å². The van der Waals surface area contributed by atoms with Gasteiger partial charge in [0.1, 0.15) is 12.4 Å². The van der Waals surface area contributed by atoms with E-state index >= 15 is 0 Å². The van der Waals surface area contributed by atoms with E-state index in [4.69, 9.17) is 10.5 Å². The van der Waals surface area contributed by atoms with Crippen molar-refractivity contribution < 1.29 is 4.74 Å². The highest BCUT2D eigenvalue weighted by atomic mass is 79.9. The fourth-order valence-corrected chi connectivity index (χ4v) is 2.03. The maximum absolute atomic E-state index is 5.81. The molecule has 2 rings (SSSR count). The van der Waals surface area contributed by atoms with Crippen molar-refractivity contribution in [1.82, 2.24) is 5.43 Å². The highest BCUT2D eigenvalue weighted by Gasteiger charge is 2.03. The van der Waals surface area contributed by atoms with Gasteiger partial charge in [-0.05, 0) is 51.4 Å². The average molecular weight is 364 g/mol. The molecular weight excluding hydrogens is 350 g/mol. The third-order valence-corrected chi connectivity index (χ3v) is 3.33. The zero-order chi connectivity index (χ0) is 15.1. The van der Waals surface area contributed by atoms with Crippen LogP contribution in [0, 0.1) is 0 Å². The number of hydrogen-bond donors (Lipinski definition) is 2. The van der Waals surface area contributed by atoms with Crippen molar-refractivity contribution in [2.24, 2.45) is 10.8 Å². The molecule has 0 heterocycles. The minimum absolute atomic E-state index is 0.129. The Morgan fingerprint density at radius 2 is 2.05 bits per heavy atom. The van der Waals surface area contributed by atoms with Crippen molar-refractivity contribution in [1.29, 1.82) is 0 Å². The third-order valence-electron chi connectivity index (χ3n) is 2.58. The van der Waals surface area contributed by atoms with Crippen LogP contribution in [0.3, 0.4) is 0 Å². The van der Waals surface area contributed by atoms with E-state index in [1.54, 1.807) is 6.21 Å². The van der Waals surface area contributed by atoms with Crippen molar-refractivity contribution in [3.63, 3.8) is 0 Å². The molecule has 6 heteroatoms. The molecular formula is C15H14BrN3OS. The number of ether oxygens (including phenoxy) is 1. The molecule has 0 bridgehead atoms. The van der Waals surface area contributed by atoms with Crippen LogP contribution in [0.2, 0.25) is 0 Å². The molecule has 0 fully saturated rings. The van der Waals surface area contributed by atoms with Crippen LogP contribution in [-0.4, -0.2) is 11.3 Å². The molecule has 4 nitrogen and oxygen atoms in total. The number of nitrogens with two attached hydrogens (primary N) is 1. The summed E-state index contributed by atoms with van der Waals surface area (Å²) in [5, 5.41) is 4.05. The van der Waals surface area contributed by atoms with Crippen molar-refractivity contribution >= 4 is 39.5 Å². The number of nitrogens with zero attached hydrogens (tertiary/aromatic N) is 1. The Balaban J connectivity index is 2.05. The highest BCUT2D eigenvalue weighted by Crippen LogP contribution is 2.26. The van der Waals surface area contributed by atoms with Gasteiger partial charge in [0, 0.05) is 0 Å². The van der Waals surface area contributed by atoms with Crippen molar-refractivity contribution in [3.05, 3.63) is 64.1 Å². The largest absolute Gasteiger partial charge is 0.488 e. The summed E-state index contributed by atoms with van der Waals surface area (Å²) in [6.45, 7) is 0.505. The summed E-state index contributed by atoms with van der Waals surface area (Å²) in [5.41, 5.74) is 9.80. The minimum atomic E-state index is 0.129. The van der Waals surface area contributed by atoms with E-state index in [1.807, 2.05) is 48.5 Å². The molecule has 2 aromatic rings. The number of rotatable bonds is 5. The summed E-state index contributed by atoms with van der Waals surface area (Å²) >= 11 is 8.14. The molecule has 0 spiro atoms. The van der Waals surface area contributed by atoms with Crippen LogP contribution in [0.5, 0.6) is 5.75 Å². The number of hydrogen-bond acceptors (Lipinski definition) is 3. The maximum atomic E-state index is 5.81. The zero-order valence-corrected chi connectivity index (χ0v) is 13.5. The predicted molar refractivity (Wildman–Crippen MR) is 92.4 cm³/mol. The van der Waals surface area contributed by atoms with Gasteiger partial charge < -0.3 is 10.5 Å². The zero-order valence-electron chi connectivity index (χ0n) is 11.1. The molecule has 2 aromatic carbocycles. The van der Waals surface area contributed by atoms with Crippen molar-refractivity contribution in [2.45, 2.75) is 6.61 Å². The van der Waals surface area contributed by atoms with E-state index in [9.17, 15) is 0 Å². The molecule has 21 heavy (non-hydrogen) atoms. The molecule has 0 amide bonds. The second-order valence-electron chi connectivity index (χ2n) is 4.20. The van der Waals surface area contributed by atoms with Gasteiger partial charge in [0.2, 0.25) is 0 Å².